The molecule has 0 aliphatic heterocycles. The predicted octanol–water partition coefficient (Wildman–Crippen LogP) is 5.24. The Hall–Kier alpha value is -2.67. The number of carbonyl (C=O) groups is 1. The number of allylic oxidation sites excluding steroid dienone is 1. The minimum atomic E-state index is 0.212. The van der Waals surface area contributed by atoms with Gasteiger partial charge in [-0.3, -0.25) is 4.79 Å². The average Bonchev–Trinajstić information content (AvgIpc) is 2.90. The molecule has 2 aromatic carbocycles. The van der Waals surface area contributed by atoms with Gasteiger partial charge in [0.05, 0.1) is 13.2 Å². The number of carbonyl (C=O) groups excluding carboxylic acids is 1. The number of ether oxygens (including phenoxy) is 3. The average molecular weight is 507 g/mol. The second kappa shape index (κ2) is 14.3. The third-order valence-corrected chi connectivity index (χ3v) is 7.35. The molecule has 0 aromatic heterocycles. The van der Waals surface area contributed by atoms with E-state index in [9.17, 15) is 4.79 Å². The normalized spacial score (nSPS) is 14.8. The summed E-state index contributed by atoms with van der Waals surface area (Å²) >= 11 is 0. The Labute approximate surface area is 222 Å². The molecule has 2 aliphatic rings. The molecule has 1 fully saturated rings. The maximum atomic E-state index is 13.5. The lowest BCUT2D eigenvalue weighted by atomic mass is 9.85. The van der Waals surface area contributed by atoms with Crippen LogP contribution in [0.4, 0.5) is 0 Å². The summed E-state index contributed by atoms with van der Waals surface area (Å²) in [6, 6.07) is 13.1. The van der Waals surface area contributed by atoms with Gasteiger partial charge < -0.3 is 24.4 Å². The fraction of sp³-hybridized carbons (Fsp3) is 0.516. The molecule has 0 unspecified atom stereocenters. The summed E-state index contributed by atoms with van der Waals surface area (Å²) in [5.74, 6) is 1.16. The van der Waals surface area contributed by atoms with Crippen molar-refractivity contribution in [2.45, 2.75) is 57.5 Å². The van der Waals surface area contributed by atoms with Crippen LogP contribution in [-0.2, 0) is 27.2 Å². The molecule has 2 aromatic rings. The number of benzene rings is 2. The summed E-state index contributed by atoms with van der Waals surface area (Å²) in [6.45, 7) is 3.97. The fourth-order valence-corrected chi connectivity index (χ4v) is 5.17. The first-order chi connectivity index (χ1) is 18.2. The molecule has 1 amide bonds. The first-order valence-corrected chi connectivity index (χ1v) is 13.7. The molecule has 0 radical (unpaired) electrons. The topological polar surface area (TPSA) is 60.0 Å². The third kappa shape index (κ3) is 7.22. The number of amides is 1. The highest BCUT2D eigenvalue weighted by Gasteiger charge is 2.30. The van der Waals surface area contributed by atoms with E-state index >= 15 is 0 Å². The van der Waals surface area contributed by atoms with Crippen LogP contribution >= 0.6 is 0 Å². The van der Waals surface area contributed by atoms with Crippen LogP contribution in [0, 0.1) is 0 Å². The summed E-state index contributed by atoms with van der Waals surface area (Å²) in [5, 5.41) is 3.32. The van der Waals surface area contributed by atoms with Gasteiger partial charge in [-0.25, -0.2) is 0 Å². The molecule has 4 rings (SSSR count). The van der Waals surface area contributed by atoms with Gasteiger partial charge >= 0.3 is 0 Å². The predicted molar refractivity (Wildman–Crippen MR) is 149 cm³/mol. The number of rotatable bonds is 15. The molecular weight excluding hydrogens is 464 g/mol. The molecule has 0 bridgehead atoms. The van der Waals surface area contributed by atoms with E-state index in [2.05, 4.69) is 58.8 Å². The summed E-state index contributed by atoms with van der Waals surface area (Å²) in [4.78, 5) is 15.6. The number of fused-ring (bicyclic) bond motifs is 1. The Balaban J connectivity index is 1.66. The fourth-order valence-electron chi connectivity index (χ4n) is 5.17. The summed E-state index contributed by atoms with van der Waals surface area (Å²) in [6.07, 6.45) is 11.2. The highest BCUT2D eigenvalue weighted by molar-refractivity contribution is 5.83. The van der Waals surface area contributed by atoms with Crippen molar-refractivity contribution < 1.29 is 19.0 Å². The Kier molecular flexibility index (Phi) is 10.6. The molecular formula is C31H42N2O4. The van der Waals surface area contributed by atoms with Crippen LogP contribution < -0.4 is 10.1 Å². The maximum Gasteiger partial charge on any atom is 0.224 e. The van der Waals surface area contributed by atoms with Gasteiger partial charge in [-0.15, -0.1) is 0 Å². The van der Waals surface area contributed by atoms with Crippen molar-refractivity contribution in [3.05, 3.63) is 59.2 Å². The minimum absolute atomic E-state index is 0.212. The van der Waals surface area contributed by atoms with Crippen LogP contribution in [0.3, 0.4) is 0 Å². The number of nitrogens with zero attached hydrogens (tertiary/aromatic N) is 1. The lowest BCUT2D eigenvalue weighted by Gasteiger charge is -2.38. The summed E-state index contributed by atoms with van der Waals surface area (Å²) in [7, 11) is 3.41. The molecule has 6 nitrogen and oxygen atoms in total. The van der Waals surface area contributed by atoms with E-state index in [0.717, 1.165) is 50.0 Å². The zero-order chi connectivity index (χ0) is 25.9. The van der Waals surface area contributed by atoms with Crippen LogP contribution in [-0.4, -0.2) is 64.0 Å². The Morgan fingerprint density at radius 1 is 1.05 bits per heavy atom. The third-order valence-electron chi connectivity index (χ3n) is 7.35. The second-order valence-corrected chi connectivity index (χ2v) is 9.90. The Morgan fingerprint density at radius 2 is 1.86 bits per heavy atom. The Morgan fingerprint density at radius 3 is 2.59 bits per heavy atom. The van der Waals surface area contributed by atoms with Crippen LogP contribution in [0.2, 0.25) is 0 Å². The van der Waals surface area contributed by atoms with E-state index in [4.69, 9.17) is 14.2 Å². The van der Waals surface area contributed by atoms with Crippen molar-refractivity contribution in [3.8, 4) is 16.9 Å². The van der Waals surface area contributed by atoms with Gasteiger partial charge in [-0.1, -0.05) is 42.5 Å². The van der Waals surface area contributed by atoms with E-state index in [1.54, 1.807) is 14.2 Å². The smallest absolute Gasteiger partial charge is 0.224 e. The lowest BCUT2D eigenvalue weighted by molar-refractivity contribution is -0.136. The zero-order valence-corrected chi connectivity index (χ0v) is 22.5. The van der Waals surface area contributed by atoms with Crippen molar-refractivity contribution in [3.63, 3.8) is 0 Å². The molecule has 0 saturated heterocycles. The van der Waals surface area contributed by atoms with Gasteiger partial charge in [0.2, 0.25) is 5.91 Å². The van der Waals surface area contributed by atoms with Gasteiger partial charge in [-0.05, 0) is 60.4 Å². The molecule has 200 valence electrons. The van der Waals surface area contributed by atoms with Gasteiger partial charge in [0.1, 0.15) is 5.75 Å². The van der Waals surface area contributed by atoms with E-state index in [1.165, 1.54) is 28.7 Å². The van der Waals surface area contributed by atoms with Crippen LogP contribution in [0.5, 0.6) is 5.75 Å². The van der Waals surface area contributed by atoms with Crippen molar-refractivity contribution in [1.82, 2.24) is 10.2 Å². The van der Waals surface area contributed by atoms with Crippen molar-refractivity contribution >= 4 is 12.0 Å². The monoisotopic (exact) mass is 506 g/mol. The van der Waals surface area contributed by atoms with Gasteiger partial charge in [0.15, 0.2) is 0 Å². The van der Waals surface area contributed by atoms with Crippen LogP contribution in [0.1, 0.15) is 55.2 Å². The molecule has 0 atom stereocenters. The molecule has 1 N–H and O–H groups in total. The standard InChI is InChI=1S/C31H42N2O4/c1-35-19-9-20-37-29-22-25(23-33(26-12-8-13-26)30(34)16-17-32-18-21-36-2)31(24-10-4-3-5-11-24)28-15-7-6-14-27(28)29/h3-5,7,10-11,15,22,26,32H,6,8-9,12-14,16-21,23H2,1-2H3. The van der Waals surface area contributed by atoms with Crippen molar-refractivity contribution in [2.75, 3.05) is 47.1 Å². The first kappa shape index (κ1) is 27.4. The summed E-state index contributed by atoms with van der Waals surface area (Å²) < 4.78 is 16.7. The van der Waals surface area contributed by atoms with E-state index < -0.39 is 0 Å². The molecule has 0 heterocycles. The molecule has 37 heavy (non-hydrogen) atoms. The number of hydrogen-bond donors (Lipinski definition) is 1. The maximum absolute atomic E-state index is 13.5. The van der Waals surface area contributed by atoms with Crippen molar-refractivity contribution in [1.29, 1.82) is 0 Å². The van der Waals surface area contributed by atoms with Gasteiger partial charge in [-0.2, -0.15) is 0 Å². The highest BCUT2D eigenvalue weighted by atomic mass is 16.5. The largest absolute Gasteiger partial charge is 0.493 e. The highest BCUT2D eigenvalue weighted by Crippen LogP contribution is 2.41. The molecule has 1 saturated carbocycles. The molecule has 6 heteroatoms. The second-order valence-electron chi connectivity index (χ2n) is 9.90. The number of nitrogens with one attached hydrogen (secondary N) is 1. The minimum Gasteiger partial charge on any atom is -0.493 e. The Bertz CT molecular complexity index is 1030. The number of methoxy groups -OCH3 is 2. The molecule has 0 spiro atoms. The lowest BCUT2D eigenvalue weighted by Crippen LogP contribution is -2.44. The van der Waals surface area contributed by atoms with Crippen LogP contribution in [0.25, 0.3) is 17.2 Å². The first-order valence-electron chi connectivity index (χ1n) is 13.7. The van der Waals surface area contributed by atoms with Gasteiger partial charge in [0.25, 0.3) is 0 Å². The van der Waals surface area contributed by atoms with Crippen LogP contribution in [0.15, 0.2) is 42.5 Å². The van der Waals surface area contributed by atoms with E-state index in [-0.39, 0.29) is 5.91 Å². The SMILES string of the molecule is COCCCOc1cc(CN(C(=O)CCNCCOC)C2CCC2)c(-c2ccccc2)c2c1CCC=C2. The summed E-state index contributed by atoms with van der Waals surface area (Å²) in [5.41, 5.74) is 6.08. The van der Waals surface area contributed by atoms with Crippen molar-refractivity contribution in [2.24, 2.45) is 0 Å². The van der Waals surface area contributed by atoms with E-state index in [1.807, 2.05) is 0 Å². The zero-order valence-electron chi connectivity index (χ0n) is 22.5. The molecule has 2 aliphatic carbocycles. The van der Waals surface area contributed by atoms with E-state index in [0.29, 0.717) is 45.4 Å². The van der Waals surface area contributed by atoms with Gasteiger partial charge in [0, 0.05) is 64.9 Å². The quantitative estimate of drug-likeness (QED) is 0.335. The number of hydrogen-bond acceptors (Lipinski definition) is 5.